The molecule has 5 nitrogen and oxygen atoms in total. The van der Waals surface area contributed by atoms with Crippen LogP contribution in [0.2, 0.25) is 0 Å². The van der Waals surface area contributed by atoms with E-state index in [1.54, 1.807) is 0 Å². The fourth-order valence-electron chi connectivity index (χ4n) is 4.27. The van der Waals surface area contributed by atoms with Crippen molar-refractivity contribution < 1.29 is 9.59 Å². The molecule has 128 valence electrons. The molecule has 1 aromatic rings. The molecule has 1 heterocycles. The summed E-state index contributed by atoms with van der Waals surface area (Å²) < 4.78 is 0. The number of benzene rings is 1. The quantitative estimate of drug-likeness (QED) is 0.892. The van der Waals surface area contributed by atoms with Gasteiger partial charge in [-0.25, -0.2) is 0 Å². The molecule has 4 rings (SSSR count). The van der Waals surface area contributed by atoms with Crippen molar-refractivity contribution in [3.63, 3.8) is 0 Å². The van der Waals surface area contributed by atoms with E-state index in [0.717, 1.165) is 38.0 Å². The smallest absolute Gasteiger partial charge is 0.253 e. The van der Waals surface area contributed by atoms with Gasteiger partial charge in [0.25, 0.3) is 5.91 Å². The Balaban J connectivity index is 1.38. The van der Waals surface area contributed by atoms with Crippen LogP contribution in [0.1, 0.15) is 36.5 Å². The van der Waals surface area contributed by atoms with Gasteiger partial charge in [-0.1, -0.05) is 6.92 Å². The number of carbonyl (C=O) groups is 2. The molecule has 0 radical (unpaired) electrons. The first-order valence-electron chi connectivity index (χ1n) is 8.98. The van der Waals surface area contributed by atoms with Crippen LogP contribution in [0.25, 0.3) is 0 Å². The van der Waals surface area contributed by atoms with Crippen molar-refractivity contribution in [3.8, 4) is 0 Å². The predicted octanol–water partition coefficient (Wildman–Crippen LogP) is 2.09. The monoisotopic (exact) mass is 327 g/mol. The van der Waals surface area contributed by atoms with E-state index in [2.05, 4.69) is 12.2 Å². The predicted molar refractivity (Wildman–Crippen MR) is 92.4 cm³/mol. The lowest BCUT2D eigenvalue weighted by molar-refractivity contribution is -0.117. The number of nitrogens with two attached hydrogens (primary N) is 1. The second-order valence-electron chi connectivity index (χ2n) is 7.76. The summed E-state index contributed by atoms with van der Waals surface area (Å²) in [4.78, 5) is 26.6. The minimum Gasteiger partial charge on any atom is -0.338 e. The number of nitrogens with zero attached hydrogens (tertiary/aromatic N) is 1. The number of rotatable bonds is 3. The SMILES string of the molecule is CC1CC1C(=O)Nc1ccc(C(=O)N2CC3CCC(N)C3C2)cc1. The molecule has 0 spiro atoms. The van der Waals surface area contributed by atoms with Gasteiger partial charge in [0.1, 0.15) is 0 Å². The second kappa shape index (κ2) is 5.88. The van der Waals surface area contributed by atoms with Gasteiger partial charge in [-0.15, -0.1) is 0 Å². The molecule has 5 atom stereocenters. The molecule has 2 aliphatic carbocycles. The third kappa shape index (κ3) is 2.81. The Hall–Kier alpha value is -1.88. The van der Waals surface area contributed by atoms with E-state index < -0.39 is 0 Å². The highest BCUT2D eigenvalue weighted by molar-refractivity contribution is 5.97. The van der Waals surface area contributed by atoms with Crippen LogP contribution in [-0.2, 0) is 4.79 Å². The van der Waals surface area contributed by atoms with Crippen LogP contribution in [0.4, 0.5) is 5.69 Å². The Morgan fingerprint density at radius 1 is 1.17 bits per heavy atom. The second-order valence-corrected chi connectivity index (χ2v) is 7.76. The highest BCUT2D eigenvalue weighted by Crippen LogP contribution is 2.39. The Kier molecular flexibility index (Phi) is 3.83. The number of fused-ring (bicyclic) bond motifs is 1. The van der Waals surface area contributed by atoms with Crippen molar-refractivity contribution in [2.24, 2.45) is 29.4 Å². The molecule has 3 N–H and O–H groups in total. The summed E-state index contributed by atoms with van der Waals surface area (Å²) in [6, 6.07) is 7.50. The van der Waals surface area contributed by atoms with Crippen LogP contribution in [0.3, 0.4) is 0 Å². The number of likely N-dealkylation sites (tertiary alicyclic amines) is 1. The average molecular weight is 327 g/mol. The largest absolute Gasteiger partial charge is 0.338 e. The Bertz CT molecular complexity index is 657. The Morgan fingerprint density at radius 3 is 2.50 bits per heavy atom. The molecule has 1 aromatic carbocycles. The van der Waals surface area contributed by atoms with Gasteiger partial charge >= 0.3 is 0 Å². The molecule has 5 unspecified atom stereocenters. The standard InChI is InChI=1S/C19H25N3O2/c1-11-8-15(11)18(23)21-14-5-2-12(3-6-14)19(24)22-9-13-4-7-17(20)16(13)10-22/h2-3,5-6,11,13,15-17H,4,7-10,20H2,1H3,(H,21,23). The summed E-state index contributed by atoms with van der Waals surface area (Å²) in [6.07, 6.45) is 3.20. The van der Waals surface area contributed by atoms with Crippen molar-refractivity contribution in [2.75, 3.05) is 18.4 Å². The third-order valence-corrected chi connectivity index (χ3v) is 6.05. The molecule has 24 heavy (non-hydrogen) atoms. The number of anilines is 1. The lowest BCUT2D eigenvalue weighted by atomic mass is 9.98. The van der Waals surface area contributed by atoms with Gasteiger partial charge in [-0.05, 0) is 61.3 Å². The van der Waals surface area contributed by atoms with E-state index in [0.29, 0.717) is 23.3 Å². The van der Waals surface area contributed by atoms with Gasteiger partial charge in [-0.3, -0.25) is 9.59 Å². The first-order chi connectivity index (χ1) is 11.5. The molecular weight excluding hydrogens is 302 g/mol. The van der Waals surface area contributed by atoms with Crippen LogP contribution in [0.15, 0.2) is 24.3 Å². The minimum atomic E-state index is 0.0743. The van der Waals surface area contributed by atoms with Crippen molar-refractivity contribution in [3.05, 3.63) is 29.8 Å². The number of nitrogens with one attached hydrogen (secondary N) is 1. The maximum atomic E-state index is 12.7. The molecule has 0 aromatic heterocycles. The van der Waals surface area contributed by atoms with Crippen molar-refractivity contribution in [2.45, 2.75) is 32.2 Å². The van der Waals surface area contributed by atoms with Crippen molar-refractivity contribution in [1.29, 1.82) is 0 Å². The van der Waals surface area contributed by atoms with Gasteiger partial charge in [0.15, 0.2) is 0 Å². The normalized spacial score (nSPS) is 34.1. The first-order valence-corrected chi connectivity index (χ1v) is 8.98. The lowest BCUT2D eigenvalue weighted by Gasteiger charge is -2.19. The van der Waals surface area contributed by atoms with Gasteiger partial charge < -0.3 is 16.0 Å². The molecule has 0 bridgehead atoms. The highest BCUT2D eigenvalue weighted by Gasteiger charge is 2.42. The van der Waals surface area contributed by atoms with Gasteiger partial charge in [0.2, 0.25) is 5.91 Å². The van der Waals surface area contributed by atoms with Crippen LogP contribution in [0, 0.1) is 23.7 Å². The summed E-state index contributed by atoms with van der Waals surface area (Å²) in [7, 11) is 0. The first kappa shape index (κ1) is 15.6. The Morgan fingerprint density at radius 2 is 1.88 bits per heavy atom. The van der Waals surface area contributed by atoms with Gasteiger partial charge in [0.05, 0.1) is 0 Å². The molecule has 3 aliphatic rings. The van der Waals surface area contributed by atoms with Crippen LogP contribution >= 0.6 is 0 Å². The van der Waals surface area contributed by atoms with E-state index in [1.807, 2.05) is 29.2 Å². The number of hydrogen-bond acceptors (Lipinski definition) is 3. The molecule has 5 heteroatoms. The number of carbonyl (C=O) groups excluding carboxylic acids is 2. The zero-order chi connectivity index (χ0) is 16.8. The van der Waals surface area contributed by atoms with Gasteiger partial charge in [0, 0.05) is 36.3 Å². The third-order valence-electron chi connectivity index (χ3n) is 6.05. The molecular formula is C19H25N3O2. The van der Waals surface area contributed by atoms with Crippen molar-refractivity contribution in [1.82, 2.24) is 4.90 Å². The summed E-state index contributed by atoms with van der Waals surface area (Å²) in [6.45, 7) is 3.70. The Labute approximate surface area is 142 Å². The number of amides is 2. The fourth-order valence-corrected chi connectivity index (χ4v) is 4.27. The summed E-state index contributed by atoms with van der Waals surface area (Å²) in [5.74, 6) is 1.84. The maximum Gasteiger partial charge on any atom is 0.253 e. The minimum absolute atomic E-state index is 0.0743. The summed E-state index contributed by atoms with van der Waals surface area (Å²) in [5.41, 5.74) is 7.59. The van der Waals surface area contributed by atoms with Crippen LogP contribution in [0.5, 0.6) is 0 Å². The fraction of sp³-hybridized carbons (Fsp3) is 0.579. The van der Waals surface area contributed by atoms with E-state index in [9.17, 15) is 9.59 Å². The highest BCUT2D eigenvalue weighted by atomic mass is 16.2. The molecule has 1 saturated heterocycles. The molecule has 2 amide bonds. The topological polar surface area (TPSA) is 75.4 Å². The van der Waals surface area contributed by atoms with Gasteiger partial charge in [-0.2, -0.15) is 0 Å². The zero-order valence-electron chi connectivity index (χ0n) is 14.1. The van der Waals surface area contributed by atoms with E-state index in [-0.39, 0.29) is 23.8 Å². The van der Waals surface area contributed by atoms with Crippen LogP contribution in [-0.4, -0.2) is 35.8 Å². The molecule has 2 saturated carbocycles. The zero-order valence-corrected chi connectivity index (χ0v) is 14.1. The van der Waals surface area contributed by atoms with Crippen molar-refractivity contribution >= 4 is 17.5 Å². The van der Waals surface area contributed by atoms with E-state index >= 15 is 0 Å². The lowest BCUT2D eigenvalue weighted by Crippen LogP contribution is -2.33. The summed E-state index contributed by atoms with van der Waals surface area (Å²) in [5, 5.41) is 2.93. The van der Waals surface area contributed by atoms with Crippen LogP contribution < -0.4 is 11.1 Å². The molecule has 1 aliphatic heterocycles. The number of hydrogen-bond donors (Lipinski definition) is 2. The van der Waals surface area contributed by atoms with E-state index in [4.69, 9.17) is 5.73 Å². The molecule has 3 fully saturated rings. The van der Waals surface area contributed by atoms with E-state index in [1.165, 1.54) is 0 Å². The maximum absolute atomic E-state index is 12.7. The summed E-state index contributed by atoms with van der Waals surface area (Å²) >= 11 is 0. The average Bonchev–Trinajstić information content (AvgIpc) is 3.02.